The minimum absolute atomic E-state index is 0.402. The number of nitrogens with one attached hydrogen (secondary N) is 1. The molecule has 1 aliphatic heterocycles. The molecule has 2 amide bonds. The molecule has 1 unspecified atom stereocenters. The lowest BCUT2D eigenvalue weighted by atomic mass is 10.0. The summed E-state index contributed by atoms with van der Waals surface area (Å²) < 4.78 is 1.57. The zero-order chi connectivity index (χ0) is 13.1. The number of aryl methyl sites for hydroxylation is 1. The van der Waals surface area contributed by atoms with Crippen LogP contribution in [0.1, 0.15) is 19.3 Å². The van der Waals surface area contributed by atoms with Crippen molar-refractivity contribution in [2.24, 2.45) is 7.05 Å². The van der Waals surface area contributed by atoms with Gasteiger partial charge in [0.2, 0.25) is 0 Å². The van der Waals surface area contributed by atoms with Crippen LogP contribution in [0.15, 0.2) is 12.3 Å². The first-order chi connectivity index (χ1) is 8.58. The van der Waals surface area contributed by atoms with Gasteiger partial charge < -0.3 is 10.0 Å². The molecule has 7 heteroatoms. The number of carbonyl (C=O) groups is 2. The standard InChI is InChI=1S/C11H16N4O3/c1-14-7-5-9(13-14)12-11(18)15-6-3-2-4-8(15)10(16)17/h5,7-8H,2-4,6H2,1H3,(H,16,17)(H,12,13,18). The minimum Gasteiger partial charge on any atom is -0.480 e. The molecule has 2 rings (SSSR count). The van der Waals surface area contributed by atoms with Crippen LogP contribution in [0.25, 0.3) is 0 Å². The fraction of sp³-hybridized carbons (Fsp3) is 0.545. The summed E-state index contributed by atoms with van der Waals surface area (Å²) in [6.45, 7) is 0.468. The second-order valence-corrected chi connectivity index (χ2v) is 4.35. The molecule has 1 fully saturated rings. The van der Waals surface area contributed by atoms with E-state index in [1.165, 1.54) is 4.90 Å². The second kappa shape index (κ2) is 5.07. The number of nitrogens with zero attached hydrogens (tertiary/aromatic N) is 3. The van der Waals surface area contributed by atoms with E-state index >= 15 is 0 Å². The van der Waals surface area contributed by atoms with Crippen molar-refractivity contribution in [3.8, 4) is 0 Å². The number of urea groups is 1. The Morgan fingerprint density at radius 2 is 2.28 bits per heavy atom. The Balaban J connectivity index is 2.04. The fourth-order valence-electron chi connectivity index (χ4n) is 2.09. The largest absolute Gasteiger partial charge is 0.480 e. The van der Waals surface area contributed by atoms with Crippen molar-refractivity contribution in [1.29, 1.82) is 0 Å². The number of piperidine rings is 1. The Hall–Kier alpha value is -2.05. The van der Waals surface area contributed by atoms with E-state index in [9.17, 15) is 9.59 Å². The van der Waals surface area contributed by atoms with Gasteiger partial charge in [-0.25, -0.2) is 9.59 Å². The molecule has 1 aromatic heterocycles. The molecule has 18 heavy (non-hydrogen) atoms. The molecule has 0 saturated carbocycles. The molecule has 7 nitrogen and oxygen atoms in total. The van der Waals surface area contributed by atoms with Crippen molar-refractivity contribution < 1.29 is 14.7 Å². The fourth-order valence-corrected chi connectivity index (χ4v) is 2.09. The highest BCUT2D eigenvalue weighted by Crippen LogP contribution is 2.18. The summed E-state index contributed by atoms with van der Waals surface area (Å²) in [5.41, 5.74) is 0. The quantitative estimate of drug-likeness (QED) is 0.818. The molecule has 1 aliphatic rings. The average Bonchev–Trinajstić information content (AvgIpc) is 2.74. The molecule has 98 valence electrons. The van der Waals surface area contributed by atoms with E-state index in [2.05, 4.69) is 10.4 Å². The number of carboxylic acid groups (broad SMARTS) is 1. The summed E-state index contributed by atoms with van der Waals surface area (Å²) in [6, 6.07) is 0.528. The summed E-state index contributed by atoms with van der Waals surface area (Å²) >= 11 is 0. The van der Waals surface area contributed by atoms with Crippen molar-refractivity contribution in [1.82, 2.24) is 14.7 Å². The van der Waals surface area contributed by atoms with Crippen molar-refractivity contribution in [2.75, 3.05) is 11.9 Å². The predicted molar refractivity (Wildman–Crippen MR) is 64.2 cm³/mol. The van der Waals surface area contributed by atoms with Gasteiger partial charge in [0.05, 0.1) is 0 Å². The SMILES string of the molecule is Cn1ccc(NC(=O)N2CCCCC2C(=O)O)n1. The van der Waals surface area contributed by atoms with E-state index in [1.54, 1.807) is 24.0 Å². The number of hydrogen-bond acceptors (Lipinski definition) is 3. The summed E-state index contributed by atoms with van der Waals surface area (Å²) in [6.07, 6.45) is 3.88. The molecule has 0 aliphatic carbocycles. The summed E-state index contributed by atoms with van der Waals surface area (Å²) in [4.78, 5) is 24.4. The summed E-state index contributed by atoms with van der Waals surface area (Å²) in [7, 11) is 1.75. The third-order valence-corrected chi connectivity index (χ3v) is 3.00. The molecule has 0 spiro atoms. The van der Waals surface area contributed by atoms with Gasteiger partial charge in [-0.3, -0.25) is 10.00 Å². The Bertz CT molecular complexity index is 457. The van der Waals surface area contributed by atoms with Gasteiger partial charge in [0, 0.05) is 25.9 Å². The maximum absolute atomic E-state index is 12.0. The van der Waals surface area contributed by atoms with E-state index in [0.717, 1.165) is 12.8 Å². The Morgan fingerprint density at radius 3 is 2.89 bits per heavy atom. The highest BCUT2D eigenvalue weighted by atomic mass is 16.4. The van der Waals surface area contributed by atoms with Gasteiger partial charge in [0.15, 0.2) is 5.82 Å². The zero-order valence-corrected chi connectivity index (χ0v) is 10.2. The Morgan fingerprint density at radius 1 is 1.50 bits per heavy atom. The molecule has 1 atom stereocenters. The molecule has 1 saturated heterocycles. The highest BCUT2D eigenvalue weighted by Gasteiger charge is 2.32. The van der Waals surface area contributed by atoms with Gasteiger partial charge in [-0.15, -0.1) is 0 Å². The van der Waals surface area contributed by atoms with Crippen LogP contribution >= 0.6 is 0 Å². The van der Waals surface area contributed by atoms with E-state index in [1.807, 2.05) is 0 Å². The van der Waals surface area contributed by atoms with Crippen LogP contribution in [0.5, 0.6) is 0 Å². The van der Waals surface area contributed by atoms with Crippen molar-refractivity contribution in [2.45, 2.75) is 25.3 Å². The van der Waals surface area contributed by atoms with Gasteiger partial charge in [0.1, 0.15) is 6.04 Å². The van der Waals surface area contributed by atoms with E-state index < -0.39 is 18.0 Å². The molecule has 0 aromatic carbocycles. The first kappa shape index (κ1) is 12.4. The maximum atomic E-state index is 12.0. The molecular formula is C11H16N4O3. The molecule has 0 radical (unpaired) electrons. The van der Waals surface area contributed by atoms with Crippen LogP contribution in [0, 0.1) is 0 Å². The minimum atomic E-state index is -0.953. The lowest BCUT2D eigenvalue weighted by Crippen LogP contribution is -2.49. The van der Waals surface area contributed by atoms with Gasteiger partial charge in [0.25, 0.3) is 0 Å². The number of amides is 2. The van der Waals surface area contributed by atoms with Crippen LogP contribution in [-0.2, 0) is 11.8 Å². The second-order valence-electron chi connectivity index (χ2n) is 4.35. The lowest BCUT2D eigenvalue weighted by molar-refractivity contribution is -0.143. The molecule has 1 aromatic rings. The van der Waals surface area contributed by atoms with E-state index in [-0.39, 0.29) is 0 Å². The Labute approximate surface area is 104 Å². The highest BCUT2D eigenvalue weighted by molar-refractivity contribution is 5.91. The van der Waals surface area contributed by atoms with Crippen molar-refractivity contribution in [3.63, 3.8) is 0 Å². The molecular weight excluding hydrogens is 236 g/mol. The van der Waals surface area contributed by atoms with Gasteiger partial charge >= 0.3 is 12.0 Å². The maximum Gasteiger partial charge on any atom is 0.326 e. The van der Waals surface area contributed by atoms with E-state index in [0.29, 0.717) is 18.8 Å². The number of aromatic nitrogens is 2. The number of anilines is 1. The third kappa shape index (κ3) is 2.61. The number of carboxylic acids is 1. The van der Waals surface area contributed by atoms with Crippen molar-refractivity contribution >= 4 is 17.8 Å². The smallest absolute Gasteiger partial charge is 0.326 e. The number of aliphatic carboxylic acids is 1. The monoisotopic (exact) mass is 252 g/mol. The van der Waals surface area contributed by atoms with Crippen molar-refractivity contribution in [3.05, 3.63) is 12.3 Å². The van der Waals surface area contributed by atoms with Crippen LogP contribution < -0.4 is 5.32 Å². The third-order valence-electron chi connectivity index (χ3n) is 3.00. The van der Waals surface area contributed by atoms with Gasteiger partial charge in [-0.1, -0.05) is 0 Å². The number of hydrogen-bond donors (Lipinski definition) is 2. The Kier molecular flexibility index (Phi) is 3.50. The predicted octanol–water partition coefficient (Wildman–Crippen LogP) is 0.891. The number of rotatable bonds is 2. The lowest BCUT2D eigenvalue weighted by Gasteiger charge is -2.32. The van der Waals surface area contributed by atoms with Crippen LogP contribution in [0.4, 0.5) is 10.6 Å². The number of carbonyl (C=O) groups excluding carboxylic acids is 1. The van der Waals surface area contributed by atoms with Gasteiger partial charge in [-0.2, -0.15) is 5.10 Å². The molecule has 0 bridgehead atoms. The topological polar surface area (TPSA) is 87.5 Å². The molecule has 2 N–H and O–H groups in total. The molecule has 2 heterocycles. The van der Waals surface area contributed by atoms with Gasteiger partial charge in [-0.05, 0) is 19.3 Å². The summed E-state index contributed by atoms with van der Waals surface area (Å²) in [5, 5.41) is 15.7. The zero-order valence-electron chi connectivity index (χ0n) is 10.2. The summed E-state index contributed by atoms with van der Waals surface area (Å²) in [5.74, 6) is -0.525. The van der Waals surface area contributed by atoms with Crippen LogP contribution in [-0.4, -0.2) is 44.4 Å². The number of likely N-dealkylation sites (tertiary alicyclic amines) is 1. The van der Waals surface area contributed by atoms with E-state index in [4.69, 9.17) is 5.11 Å². The first-order valence-corrected chi connectivity index (χ1v) is 5.88. The van der Waals surface area contributed by atoms with Crippen LogP contribution in [0.2, 0.25) is 0 Å². The first-order valence-electron chi connectivity index (χ1n) is 5.88. The average molecular weight is 252 g/mol. The normalized spacial score (nSPS) is 19.6. The van der Waals surface area contributed by atoms with Crippen LogP contribution in [0.3, 0.4) is 0 Å².